The fourth-order valence-electron chi connectivity index (χ4n) is 3.06. The molecule has 0 aromatic carbocycles. The Kier molecular flexibility index (Phi) is 5.15. The van der Waals surface area contributed by atoms with E-state index < -0.39 is 18.1 Å². The Hall–Kier alpha value is -0.950. The Morgan fingerprint density at radius 3 is 2.65 bits per heavy atom. The molecule has 1 heterocycles. The number of likely N-dealkylation sites (tertiary alicyclic amines) is 1. The molecule has 114 valence electrons. The summed E-state index contributed by atoms with van der Waals surface area (Å²) in [6.07, 6.45) is 5.69. The number of rotatable bonds is 3. The molecule has 4 atom stereocenters. The van der Waals surface area contributed by atoms with Crippen LogP contribution in [0, 0.1) is 0 Å². The Bertz CT molecular complexity index is 379. The molecule has 1 aliphatic carbocycles. The SMILES string of the molecule is CSC1CCCCC1NC(=O)N1CC(O)CC1C(=O)O. The Morgan fingerprint density at radius 2 is 2.00 bits per heavy atom. The highest BCUT2D eigenvalue weighted by Gasteiger charge is 2.40. The van der Waals surface area contributed by atoms with E-state index in [0.717, 1.165) is 19.3 Å². The first-order valence-electron chi connectivity index (χ1n) is 7.03. The lowest BCUT2D eigenvalue weighted by Gasteiger charge is -2.33. The highest BCUT2D eigenvalue weighted by atomic mass is 32.2. The van der Waals surface area contributed by atoms with Gasteiger partial charge in [0.15, 0.2) is 0 Å². The molecule has 1 saturated carbocycles. The molecule has 1 saturated heterocycles. The molecule has 7 heteroatoms. The molecule has 0 aromatic heterocycles. The predicted molar refractivity (Wildman–Crippen MR) is 76.8 cm³/mol. The summed E-state index contributed by atoms with van der Waals surface area (Å²) in [5, 5.41) is 22.1. The average Bonchev–Trinajstić information content (AvgIpc) is 2.82. The van der Waals surface area contributed by atoms with E-state index in [2.05, 4.69) is 5.32 Å². The number of aliphatic hydroxyl groups is 1. The molecule has 3 N–H and O–H groups in total. The Balaban J connectivity index is 1.98. The van der Waals surface area contributed by atoms with E-state index in [1.165, 1.54) is 11.3 Å². The van der Waals surface area contributed by atoms with Crippen molar-refractivity contribution in [2.45, 2.75) is 55.5 Å². The van der Waals surface area contributed by atoms with Crippen molar-refractivity contribution in [2.24, 2.45) is 0 Å². The van der Waals surface area contributed by atoms with Crippen LogP contribution in [0.5, 0.6) is 0 Å². The predicted octanol–water partition coefficient (Wildman–Crippen LogP) is 0.890. The van der Waals surface area contributed by atoms with E-state index in [9.17, 15) is 14.7 Å². The number of carboxylic acids is 1. The van der Waals surface area contributed by atoms with Crippen molar-refractivity contribution < 1.29 is 19.8 Å². The maximum Gasteiger partial charge on any atom is 0.326 e. The fraction of sp³-hybridized carbons (Fsp3) is 0.846. The van der Waals surface area contributed by atoms with E-state index in [1.54, 1.807) is 11.8 Å². The van der Waals surface area contributed by atoms with E-state index in [0.29, 0.717) is 5.25 Å². The number of hydrogen-bond donors (Lipinski definition) is 3. The molecule has 6 nitrogen and oxygen atoms in total. The highest BCUT2D eigenvalue weighted by molar-refractivity contribution is 7.99. The molecule has 2 amide bonds. The molecule has 1 aliphatic heterocycles. The lowest BCUT2D eigenvalue weighted by molar-refractivity contribution is -0.141. The smallest absolute Gasteiger partial charge is 0.326 e. The first-order valence-corrected chi connectivity index (χ1v) is 8.32. The minimum atomic E-state index is -1.05. The van der Waals surface area contributed by atoms with Gasteiger partial charge in [-0.1, -0.05) is 12.8 Å². The quantitative estimate of drug-likeness (QED) is 0.720. The van der Waals surface area contributed by atoms with E-state index >= 15 is 0 Å². The second kappa shape index (κ2) is 6.67. The number of thioether (sulfide) groups is 1. The third-order valence-electron chi connectivity index (χ3n) is 4.14. The fourth-order valence-corrected chi connectivity index (χ4v) is 3.99. The van der Waals surface area contributed by atoms with Crippen molar-refractivity contribution in [3.63, 3.8) is 0 Å². The van der Waals surface area contributed by atoms with Crippen molar-refractivity contribution in [2.75, 3.05) is 12.8 Å². The standard InChI is InChI=1S/C13H22N2O4S/c1-20-11-5-3-2-4-9(11)14-13(19)15-7-8(16)6-10(15)12(17)18/h8-11,16H,2-7H2,1H3,(H,14,19)(H,17,18). The Labute approximate surface area is 122 Å². The largest absolute Gasteiger partial charge is 0.480 e. The molecule has 4 unspecified atom stereocenters. The molecule has 2 fully saturated rings. The third kappa shape index (κ3) is 3.38. The number of amides is 2. The van der Waals surface area contributed by atoms with Gasteiger partial charge in [-0.2, -0.15) is 11.8 Å². The maximum atomic E-state index is 12.3. The molecular weight excluding hydrogens is 280 g/mol. The van der Waals surface area contributed by atoms with Crippen LogP contribution in [0.4, 0.5) is 4.79 Å². The number of carbonyl (C=O) groups excluding carboxylic acids is 1. The number of urea groups is 1. The van der Waals surface area contributed by atoms with Crippen LogP contribution in [0.3, 0.4) is 0 Å². The van der Waals surface area contributed by atoms with Crippen LogP contribution >= 0.6 is 11.8 Å². The molecule has 2 rings (SSSR count). The second-order valence-electron chi connectivity index (χ2n) is 5.51. The minimum absolute atomic E-state index is 0.0958. The van der Waals surface area contributed by atoms with Crippen LogP contribution in [-0.4, -0.2) is 63.4 Å². The summed E-state index contributed by atoms with van der Waals surface area (Å²) in [7, 11) is 0. The van der Waals surface area contributed by atoms with Gasteiger partial charge in [0.25, 0.3) is 0 Å². The van der Waals surface area contributed by atoms with Crippen LogP contribution in [0.15, 0.2) is 0 Å². The van der Waals surface area contributed by atoms with Gasteiger partial charge in [0, 0.05) is 24.3 Å². The topological polar surface area (TPSA) is 89.9 Å². The van der Waals surface area contributed by atoms with Gasteiger partial charge in [0.1, 0.15) is 6.04 Å². The molecule has 0 aromatic rings. The van der Waals surface area contributed by atoms with Crippen molar-refractivity contribution in [1.82, 2.24) is 10.2 Å². The van der Waals surface area contributed by atoms with Crippen molar-refractivity contribution in [1.29, 1.82) is 0 Å². The number of aliphatic carboxylic acids is 1. The number of nitrogens with one attached hydrogen (secondary N) is 1. The first kappa shape index (κ1) is 15.4. The Morgan fingerprint density at radius 1 is 1.30 bits per heavy atom. The molecular formula is C13H22N2O4S. The van der Waals surface area contributed by atoms with Gasteiger partial charge >= 0.3 is 12.0 Å². The number of aliphatic hydroxyl groups excluding tert-OH is 1. The summed E-state index contributed by atoms with van der Waals surface area (Å²) in [6.45, 7) is 0.0967. The van der Waals surface area contributed by atoms with E-state index in [1.807, 2.05) is 6.26 Å². The molecule has 20 heavy (non-hydrogen) atoms. The number of carboxylic acid groups (broad SMARTS) is 1. The van der Waals surface area contributed by atoms with Gasteiger partial charge in [0.2, 0.25) is 0 Å². The van der Waals surface area contributed by atoms with Gasteiger partial charge in [-0.3, -0.25) is 0 Å². The van der Waals surface area contributed by atoms with E-state index in [-0.39, 0.29) is 25.0 Å². The van der Waals surface area contributed by atoms with Crippen LogP contribution in [-0.2, 0) is 4.79 Å². The van der Waals surface area contributed by atoms with Gasteiger partial charge in [-0.25, -0.2) is 9.59 Å². The minimum Gasteiger partial charge on any atom is -0.480 e. The molecule has 0 bridgehead atoms. The normalized spacial score (nSPS) is 34.0. The van der Waals surface area contributed by atoms with Crippen LogP contribution in [0.2, 0.25) is 0 Å². The number of nitrogens with zero attached hydrogens (tertiary/aromatic N) is 1. The second-order valence-corrected chi connectivity index (χ2v) is 6.59. The van der Waals surface area contributed by atoms with Gasteiger partial charge in [0.05, 0.1) is 6.10 Å². The summed E-state index contributed by atoms with van der Waals surface area (Å²) in [4.78, 5) is 24.7. The van der Waals surface area contributed by atoms with Gasteiger partial charge < -0.3 is 20.4 Å². The lowest BCUT2D eigenvalue weighted by Crippen LogP contribution is -2.52. The number of carbonyl (C=O) groups is 2. The molecule has 2 aliphatic rings. The van der Waals surface area contributed by atoms with Gasteiger partial charge in [-0.15, -0.1) is 0 Å². The average molecular weight is 302 g/mol. The highest BCUT2D eigenvalue weighted by Crippen LogP contribution is 2.28. The zero-order valence-corrected chi connectivity index (χ0v) is 12.4. The monoisotopic (exact) mass is 302 g/mol. The lowest BCUT2D eigenvalue weighted by atomic mass is 9.95. The number of β-amino-alcohol motifs (C(OH)–C–C–N with tert-alkyl or cyclic N) is 1. The molecule has 0 spiro atoms. The van der Waals surface area contributed by atoms with Crippen LogP contribution in [0.1, 0.15) is 32.1 Å². The van der Waals surface area contributed by atoms with Crippen molar-refractivity contribution >= 4 is 23.8 Å². The zero-order chi connectivity index (χ0) is 14.7. The number of hydrogen-bond acceptors (Lipinski definition) is 4. The first-order chi connectivity index (χ1) is 9.52. The summed E-state index contributed by atoms with van der Waals surface area (Å²) in [6, 6.07) is -1.18. The van der Waals surface area contributed by atoms with E-state index in [4.69, 9.17) is 5.11 Å². The third-order valence-corrected chi connectivity index (χ3v) is 5.31. The van der Waals surface area contributed by atoms with Gasteiger partial charge in [-0.05, 0) is 19.1 Å². The van der Waals surface area contributed by atoms with Crippen molar-refractivity contribution in [3.8, 4) is 0 Å². The van der Waals surface area contributed by atoms with Crippen LogP contribution < -0.4 is 5.32 Å². The summed E-state index contributed by atoms with van der Waals surface area (Å²) in [5.41, 5.74) is 0. The van der Waals surface area contributed by atoms with Crippen molar-refractivity contribution in [3.05, 3.63) is 0 Å². The molecule has 0 radical (unpaired) electrons. The summed E-state index contributed by atoms with van der Waals surface area (Å²) in [5.74, 6) is -1.05. The van der Waals surface area contributed by atoms with Crippen LogP contribution in [0.25, 0.3) is 0 Å². The maximum absolute atomic E-state index is 12.3. The summed E-state index contributed by atoms with van der Waals surface area (Å²) >= 11 is 1.75. The zero-order valence-electron chi connectivity index (χ0n) is 11.6. The summed E-state index contributed by atoms with van der Waals surface area (Å²) < 4.78 is 0.